The molecule has 0 aliphatic heterocycles. The van der Waals surface area contributed by atoms with E-state index < -0.39 is 20.1 Å². The summed E-state index contributed by atoms with van der Waals surface area (Å²) in [6, 6.07) is 24.9. The summed E-state index contributed by atoms with van der Waals surface area (Å²) >= 11 is 0. The molecule has 0 aromatic heterocycles. The SMILES string of the molecule is CP(C)OC(=O)c1ccccc1C(=O)O/C=C(\c1ccccc1)c1ccccc1C#N. The highest BCUT2D eigenvalue weighted by atomic mass is 31.1. The standard InChI is InChI=1S/C25H20NO4P/c1-31(2)30-25(28)22-15-9-8-14-21(22)24(27)29-17-23(18-10-4-3-5-11-18)20-13-7-6-12-19(20)16-26/h3-15,17H,1-2H3/b23-17+. The molecular formula is C25H20NO4P. The Morgan fingerprint density at radius 3 is 1.97 bits per heavy atom. The molecule has 0 atom stereocenters. The van der Waals surface area contributed by atoms with Crippen LogP contribution in [0.3, 0.4) is 0 Å². The van der Waals surface area contributed by atoms with Crippen LogP contribution in [0.15, 0.2) is 85.1 Å². The van der Waals surface area contributed by atoms with E-state index in [1.165, 1.54) is 18.4 Å². The third-order valence-electron chi connectivity index (χ3n) is 4.34. The summed E-state index contributed by atoms with van der Waals surface area (Å²) in [5.41, 5.74) is 2.72. The van der Waals surface area contributed by atoms with Gasteiger partial charge in [0.15, 0.2) is 0 Å². The van der Waals surface area contributed by atoms with Crippen LogP contribution < -0.4 is 0 Å². The first-order valence-corrected chi connectivity index (χ1v) is 11.6. The topological polar surface area (TPSA) is 76.4 Å². The van der Waals surface area contributed by atoms with Gasteiger partial charge < -0.3 is 9.26 Å². The van der Waals surface area contributed by atoms with E-state index in [-0.39, 0.29) is 11.1 Å². The van der Waals surface area contributed by atoms with E-state index in [1.54, 1.807) is 43.7 Å². The minimum atomic E-state index is -0.924. The summed E-state index contributed by atoms with van der Waals surface area (Å²) in [5, 5.41) is 9.50. The molecule has 0 spiro atoms. The van der Waals surface area contributed by atoms with E-state index in [9.17, 15) is 14.9 Å². The van der Waals surface area contributed by atoms with E-state index in [1.807, 2.05) is 36.4 Å². The van der Waals surface area contributed by atoms with Crippen LogP contribution in [-0.4, -0.2) is 25.3 Å². The lowest BCUT2D eigenvalue weighted by Crippen LogP contribution is -2.11. The number of benzene rings is 3. The predicted molar refractivity (Wildman–Crippen MR) is 121 cm³/mol. The second-order valence-electron chi connectivity index (χ2n) is 6.70. The Kier molecular flexibility index (Phi) is 7.32. The van der Waals surface area contributed by atoms with Gasteiger partial charge in [0.25, 0.3) is 0 Å². The van der Waals surface area contributed by atoms with E-state index in [4.69, 9.17) is 9.26 Å². The first-order chi connectivity index (χ1) is 15.0. The fourth-order valence-electron chi connectivity index (χ4n) is 2.95. The van der Waals surface area contributed by atoms with Crippen molar-refractivity contribution in [1.29, 1.82) is 5.26 Å². The van der Waals surface area contributed by atoms with Gasteiger partial charge >= 0.3 is 11.9 Å². The molecule has 0 aliphatic rings. The molecule has 154 valence electrons. The maximum atomic E-state index is 12.8. The molecule has 0 saturated heterocycles. The van der Waals surface area contributed by atoms with Gasteiger partial charge in [-0.25, -0.2) is 9.59 Å². The molecule has 3 aromatic carbocycles. The zero-order chi connectivity index (χ0) is 22.2. The van der Waals surface area contributed by atoms with E-state index >= 15 is 0 Å². The van der Waals surface area contributed by atoms with Gasteiger partial charge in [0, 0.05) is 11.1 Å². The first-order valence-electron chi connectivity index (χ1n) is 9.46. The van der Waals surface area contributed by atoms with Crippen LogP contribution in [0.4, 0.5) is 0 Å². The molecule has 0 saturated carbocycles. The minimum absolute atomic E-state index is 0.113. The molecular weight excluding hydrogens is 409 g/mol. The zero-order valence-electron chi connectivity index (χ0n) is 17.1. The summed E-state index contributed by atoms with van der Waals surface area (Å²) in [6.07, 6.45) is 1.32. The monoisotopic (exact) mass is 429 g/mol. The second-order valence-corrected chi connectivity index (χ2v) is 8.50. The van der Waals surface area contributed by atoms with Crippen LogP contribution in [0.5, 0.6) is 0 Å². The Balaban J connectivity index is 1.98. The van der Waals surface area contributed by atoms with Crippen molar-refractivity contribution in [3.05, 3.63) is 113 Å². The summed E-state index contributed by atoms with van der Waals surface area (Å²) in [7, 11) is -0.924. The van der Waals surface area contributed by atoms with Crippen LogP contribution in [0.2, 0.25) is 0 Å². The van der Waals surface area contributed by atoms with Crippen molar-refractivity contribution in [1.82, 2.24) is 0 Å². The minimum Gasteiger partial charge on any atom is -0.442 e. The van der Waals surface area contributed by atoms with Crippen molar-refractivity contribution in [2.75, 3.05) is 13.3 Å². The number of rotatable bonds is 6. The van der Waals surface area contributed by atoms with Gasteiger partial charge in [0.05, 0.1) is 30.9 Å². The molecule has 6 heteroatoms. The fraction of sp³-hybridized carbons (Fsp3) is 0.0800. The van der Waals surface area contributed by atoms with Gasteiger partial charge in [0.1, 0.15) is 6.26 Å². The lowest BCUT2D eigenvalue weighted by molar-refractivity contribution is 0.0647. The molecule has 0 bridgehead atoms. The molecule has 0 aliphatic carbocycles. The average molecular weight is 429 g/mol. The van der Waals surface area contributed by atoms with E-state index in [0.717, 1.165) is 5.56 Å². The van der Waals surface area contributed by atoms with Crippen molar-refractivity contribution in [3.63, 3.8) is 0 Å². The number of carbonyl (C=O) groups excluding carboxylic acids is 2. The van der Waals surface area contributed by atoms with Crippen molar-refractivity contribution in [2.45, 2.75) is 0 Å². The van der Waals surface area contributed by atoms with Crippen molar-refractivity contribution < 1.29 is 18.8 Å². The molecule has 0 heterocycles. The number of hydrogen-bond acceptors (Lipinski definition) is 5. The van der Waals surface area contributed by atoms with Crippen molar-refractivity contribution in [3.8, 4) is 6.07 Å². The normalized spacial score (nSPS) is 11.0. The van der Waals surface area contributed by atoms with Crippen LogP contribution >= 0.6 is 8.15 Å². The highest BCUT2D eigenvalue weighted by Crippen LogP contribution is 2.29. The lowest BCUT2D eigenvalue weighted by Gasteiger charge is -2.12. The number of nitrogens with zero attached hydrogens (tertiary/aromatic N) is 1. The average Bonchev–Trinajstić information content (AvgIpc) is 2.79. The number of esters is 1. The summed E-state index contributed by atoms with van der Waals surface area (Å²) < 4.78 is 10.8. The molecule has 3 aromatic rings. The van der Waals surface area contributed by atoms with Gasteiger partial charge in [0.2, 0.25) is 0 Å². The predicted octanol–water partition coefficient (Wildman–Crippen LogP) is 5.62. The van der Waals surface area contributed by atoms with Crippen LogP contribution in [0, 0.1) is 11.3 Å². The van der Waals surface area contributed by atoms with Crippen LogP contribution in [0.25, 0.3) is 5.57 Å². The second kappa shape index (κ2) is 10.3. The molecule has 0 unspecified atom stereocenters. The first kappa shape index (κ1) is 22.0. The maximum absolute atomic E-state index is 12.8. The number of ether oxygens (including phenoxy) is 1. The fourth-order valence-corrected chi connectivity index (χ4v) is 3.38. The van der Waals surface area contributed by atoms with Crippen molar-refractivity contribution >= 4 is 25.7 Å². The summed E-state index contributed by atoms with van der Waals surface area (Å²) in [6.45, 7) is 3.60. The number of nitriles is 1. The van der Waals surface area contributed by atoms with Crippen LogP contribution in [0.1, 0.15) is 37.4 Å². The molecule has 0 fully saturated rings. The Bertz CT molecular complexity index is 1160. The van der Waals surface area contributed by atoms with Gasteiger partial charge in [-0.05, 0) is 37.1 Å². The third kappa shape index (κ3) is 5.45. The van der Waals surface area contributed by atoms with Gasteiger partial charge in [-0.2, -0.15) is 5.26 Å². The lowest BCUT2D eigenvalue weighted by atomic mass is 9.95. The Morgan fingerprint density at radius 1 is 0.806 bits per heavy atom. The third-order valence-corrected chi connectivity index (χ3v) is 4.87. The quantitative estimate of drug-likeness (QED) is 0.289. The molecule has 5 nitrogen and oxygen atoms in total. The van der Waals surface area contributed by atoms with Gasteiger partial charge in [-0.3, -0.25) is 0 Å². The highest BCUT2D eigenvalue weighted by molar-refractivity contribution is 7.51. The van der Waals surface area contributed by atoms with Gasteiger partial charge in [-0.1, -0.05) is 60.7 Å². The Morgan fingerprint density at radius 2 is 1.35 bits per heavy atom. The van der Waals surface area contributed by atoms with Gasteiger partial charge in [-0.15, -0.1) is 0 Å². The highest BCUT2D eigenvalue weighted by Gasteiger charge is 2.20. The Labute approximate surface area is 182 Å². The zero-order valence-corrected chi connectivity index (χ0v) is 18.0. The molecule has 0 amide bonds. The number of hydrogen-bond donors (Lipinski definition) is 0. The molecule has 0 N–H and O–H groups in total. The molecule has 0 radical (unpaired) electrons. The number of carbonyl (C=O) groups is 2. The largest absolute Gasteiger partial charge is 0.442 e. The Hall–Kier alpha value is -3.74. The summed E-state index contributed by atoms with van der Waals surface area (Å²) in [4.78, 5) is 25.2. The molecule has 3 rings (SSSR count). The molecule has 31 heavy (non-hydrogen) atoms. The maximum Gasteiger partial charge on any atom is 0.343 e. The van der Waals surface area contributed by atoms with E-state index in [2.05, 4.69) is 6.07 Å². The van der Waals surface area contributed by atoms with Crippen molar-refractivity contribution in [2.24, 2.45) is 0 Å². The van der Waals surface area contributed by atoms with Crippen LogP contribution in [-0.2, 0) is 9.26 Å². The van der Waals surface area contributed by atoms with E-state index in [0.29, 0.717) is 16.7 Å². The summed E-state index contributed by atoms with van der Waals surface area (Å²) in [5.74, 6) is -1.25. The smallest absolute Gasteiger partial charge is 0.343 e.